The lowest BCUT2D eigenvalue weighted by Gasteiger charge is -2.31. The fourth-order valence-electron chi connectivity index (χ4n) is 4.76. The number of carbonyl (C=O) groups is 1. The van der Waals surface area contributed by atoms with Crippen molar-refractivity contribution in [3.05, 3.63) is 34.6 Å². The van der Waals surface area contributed by atoms with Gasteiger partial charge in [-0.25, -0.2) is 0 Å². The monoisotopic (exact) mass is 503 g/mol. The number of likely N-dealkylation sites (tertiary alicyclic amines) is 2. The summed E-state index contributed by atoms with van der Waals surface area (Å²) in [6.45, 7) is 9.00. The van der Waals surface area contributed by atoms with Crippen LogP contribution in [-0.4, -0.2) is 65.1 Å². The van der Waals surface area contributed by atoms with Crippen LogP contribution in [0.15, 0.2) is 33.3 Å². The van der Waals surface area contributed by atoms with Crippen LogP contribution in [0.2, 0.25) is 0 Å². The van der Waals surface area contributed by atoms with Crippen molar-refractivity contribution in [2.45, 2.75) is 45.6 Å². The summed E-state index contributed by atoms with van der Waals surface area (Å²) in [5.41, 5.74) is 0.930. The van der Waals surface area contributed by atoms with Gasteiger partial charge in [0.2, 0.25) is 17.6 Å². The molecule has 1 atom stereocenters. The van der Waals surface area contributed by atoms with Gasteiger partial charge in [-0.1, -0.05) is 40.1 Å². The van der Waals surface area contributed by atoms with Crippen molar-refractivity contribution >= 4 is 21.8 Å². The van der Waals surface area contributed by atoms with Crippen molar-refractivity contribution in [2.75, 3.05) is 39.3 Å². The van der Waals surface area contributed by atoms with Crippen LogP contribution in [0.1, 0.15) is 44.9 Å². The van der Waals surface area contributed by atoms with Gasteiger partial charge in [-0.05, 0) is 76.3 Å². The van der Waals surface area contributed by atoms with Gasteiger partial charge in [0.1, 0.15) is 0 Å². The third-order valence-electron chi connectivity index (χ3n) is 6.56. The molecule has 3 heterocycles. The van der Waals surface area contributed by atoms with E-state index in [1.54, 1.807) is 0 Å². The molecule has 0 aliphatic carbocycles. The third kappa shape index (κ3) is 6.62. The van der Waals surface area contributed by atoms with Gasteiger partial charge < -0.3 is 14.7 Å². The van der Waals surface area contributed by atoms with E-state index >= 15 is 0 Å². The van der Waals surface area contributed by atoms with Gasteiger partial charge in [-0.3, -0.25) is 9.69 Å². The first-order chi connectivity index (χ1) is 15.6. The molecule has 1 aromatic carbocycles. The highest BCUT2D eigenvalue weighted by molar-refractivity contribution is 9.10. The minimum atomic E-state index is 0.112. The van der Waals surface area contributed by atoms with E-state index in [1.165, 1.54) is 25.9 Å². The summed E-state index contributed by atoms with van der Waals surface area (Å²) in [5.74, 6) is 2.36. The highest BCUT2D eigenvalue weighted by Crippen LogP contribution is 2.22. The molecule has 2 aliphatic heterocycles. The van der Waals surface area contributed by atoms with Crippen molar-refractivity contribution in [1.82, 2.24) is 25.3 Å². The number of piperidine rings is 2. The lowest BCUT2D eigenvalue weighted by atomic mass is 9.96. The molecule has 0 radical (unpaired) electrons. The molecule has 0 spiro atoms. The molecule has 0 saturated carbocycles. The first-order valence-electron chi connectivity index (χ1n) is 11.9. The van der Waals surface area contributed by atoms with E-state index < -0.39 is 0 Å². The molecule has 32 heavy (non-hydrogen) atoms. The molecule has 174 valence electrons. The van der Waals surface area contributed by atoms with Crippen LogP contribution in [0.3, 0.4) is 0 Å². The Labute approximate surface area is 199 Å². The van der Waals surface area contributed by atoms with Crippen LogP contribution < -0.4 is 5.32 Å². The predicted octanol–water partition coefficient (Wildman–Crippen LogP) is 3.95. The van der Waals surface area contributed by atoms with Crippen molar-refractivity contribution in [1.29, 1.82) is 0 Å². The fourth-order valence-corrected chi connectivity index (χ4v) is 5.16. The number of halogens is 1. The summed E-state index contributed by atoms with van der Waals surface area (Å²) in [5, 5.41) is 7.28. The van der Waals surface area contributed by atoms with Crippen molar-refractivity contribution in [3.63, 3.8) is 0 Å². The second-order valence-corrected chi connectivity index (χ2v) is 10.2. The van der Waals surface area contributed by atoms with Gasteiger partial charge in [0.15, 0.2) is 0 Å². The van der Waals surface area contributed by atoms with Crippen molar-refractivity contribution < 1.29 is 9.32 Å². The molecular formula is C24H34BrN5O2. The van der Waals surface area contributed by atoms with Gasteiger partial charge in [-0.2, -0.15) is 4.98 Å². The number of hydrogen-bond acceptors (Lipinski definition) is 6. The number of amides is 1. The zero-order chi connectivity index (χ0) is 22.3. The Kier molecular flexibility index (Phi) is 8.32. The average molecular weight is 504 g/mol. The van der Waals surface area contributed by atoms with Crippen molar-refractivity contribution in [3.8, 4) is 11.4 Å². The minimum absolute atomic E-state index is 0.112. The van der Waals surface area contributed by atoms with Crippen LogP contribution in [0.5, 0.6) is 0 Å². The maximum Gasteiger partial charge on any atom is 0.241 e. The molecule has 2 fully saturated rings. The van der Waals surface area contributed by atoms with Gasteiger partial charge in [0.25, 0.3) is 0 Å². The zero-order valence-electron chi connectivity index (χ0n) is 18.9. The van der Waals surface area contributed by atoms with E-state index in [0.29, 0.717) is 18.3 Å². The summed E-state index contributed by atoms with van der Waals surface area (Å²) < 4.78 is 6.45. The molecule has 2 saturated heterocycles. The van der Waals surface area contributed by atoms with E-state index in [0.717, 1.165) is 61.4 Å². The summed E-state index contributed by atoms with van der Waals surface area (Å²) in [4.78, 5) is 21.9. The number of benzene rings is 1. The summed E-state index contributed by atoms with van der Waals surface area (Å²) in [7, 11) is 0. The maximum absolute atomic E-state index is 12.6. The minimum Gasteiger partial charge on any atom is -0.356 e. The summed E-state index contributed by atoms with van der Waals surface area (Å²) >= 11 is 3.47. The Bertz CT molecular complexity index is 881. The van der Waals surface area contributed by atoms with Gasteiger partial charge in [0, 0.05) is 29.0 Å². The lowest BCUT2D eigenvalue weighted by molar-refractivity contribution is -0.126. The molecule has 1 aromatic heterocycles. The van der Waals surface area contributed by atoms with Crippen LogP contribution in [0, 0.1) is 11.8 Å². The van der Waals surface area contributed by atoms with E-state index in [1.807, 2.05) is 24.3 Å². The average Bonchev–Trinajstić information content (AvgIpc) is 3.26. The van der Waals surface area contributed by atoms with Crippen LogP contribution >= 0.6 is 15.9 Å². The number of rotatable bonds is 8. The van der Waals surface area contributed by atoms with E-state index in [2.05, 4.69) is 48.1 Å². The normalized spacial score (nSPS) is 21.0. The van der Waals surface area contributed by atoms with E-state index in [4.69, 9.17) is 4.52 Å². The number of carbonyl (C=O) groups excluding carboxylic acids is 1. The topological polar surface area (TPSA) is 74.5 Å². The molecule has 4 rings (SSSR count). The fraction of sp³-hybridized carbons (Fsp3) is 0.625. The number of nitrogens with zero attached hydrogens (tertiary/aromatic N) is 4. The Morgan fingerprint density at radius 3 is 2.84 bits per heavy atom. The first-order valence-corrected chi connectivity index (χ1v) is 12.7. The zero-order valence-corrected chi connectivity index (χ0v) is 20.5. The van der Waals surface area contributed by atoms with Crippen LogP contribution in [-0.2, 0) is 11.3 Å². The predicted molar refractivity (Wildman–Crippen MR) is 128 cm³/mol. The number of nitrogens with one attached hydrogen (secondary N) is 1. The summed E-state index contributed by atoms with van der Waals surface area (Å²) in [6.07, 6.45) is 5.45. The lowest BCUT2D eigenvalue weighted by Crippen LogP contribution is -2.41. The largest absolute Gasteiger partial charge is 0.356 e. The SMILES string of the molecule is CC1CCCN(CCCNC(=O)C2CCN(Cc3nc(-c4cccc(Br)c4)no3)CC2)C1. The number of aromatic nitrogens is 2. The molecular weight excluding hydrogens is 470 g/mol. The molecule has 8 heteroatoms. The van der Waals surface area contributed by atoms with Crippen molar-refractivity contribution in [2.24, 2.45) is 11.8 Å². The van der Waals surface area contributed by atoms with Gasteiger partial charge in [0.05, 0.1) is 6.54 Å². The molecule has 7 nitrogen and oxygen atoms in total. The quantitative estimate of drug-likeness (QED) is 0.549. The molecule has 1 N–H and O–H groups in total. The standard InChI is InChI=1S/C24H34BrN5O2/c1-18-5-3-11-29(16-18)12-4-10-26-24(31)19-8-13-30(14-9-19)17-22-27-23(28-32-22)20-6-2-7-21(25)15-20/h2,6-7,15,18-19H,3-5,8-14,16-17H2,1H3,(H,26,31). The Morgan fingerprint density at radius 2 is 2.06 bits per heavy atom. The van der Waals surface area contributed by atoms with Crippen LogP contribution in [0.4, 0.5) is 0 Å². The second-order valence-electron chi connectivity index (χ2n) is 9.27. The number of hydrogen-bond donors (Lipinski definition) is 1. The highest BCUT2D eigenvalue weighted by atomic mass is 79.9. The molecule has 1 amide bonds. The Hall–Kier alpha value is -1.77. The molecule has 2 aliphatic rings. The van der Waals surface area contributed by atoms with Gasteiger partial charge >= 0.3 is 0 Å². The smallest absolute Gasteiger partial charge is 0.241 e. The Morgan fingerprint density at radius 1 is 1.22 bits per heavy atom. The van der Waals surface area contributed by atoms with E-state index in [-0.39, 0.29) is 11.8 Å². The highest BCUT2D eigenvalue weighted by Gasteiger charge is 2.26. The maximum atomic E-state index is 12.6. The summed E-state index contributed by atoms with van der Waals surface area (Å²) in [6, 6.07) is 7.88. The molecule has 2 aromatic rings. The Balaban J connectivity index is 1.15. The first kappa shape index (κ1) is 23.4. The van der Waals surface area contributed by atoms with Gasteiger partial charge in [-0.15, -0.1) is 0 Å². The van der Waals surface area contributed by atoms with Crippen LogP contribution in [0.25, 0.3) is 11.4 Å². The molecule has 1 unspecified atom stereocenters. The third-order valence-corrected chi connectivity index (χ3v) is 7.05. The second kappa shape index (κ2) is 11.4. The van der Waals surface area contributed by atoms with E-state index in [9.17, 15) is 4.79 Å². The molecule has 0 bridgehead atoms.